The van der Waals surface area contributed by atoms with E-state index in [9.17, 15) is 18.0 Å². The van der Waals surface area contributed by atoms with Crippen LogP contribution in [0.25, 0.3) is 0 Å². The number of hydrogen-bond acceptors (Lipinski definition) is 4. The van der Waals surface area contributed by atoms with Crippen molar-refractivity contribution in [1.29, 1.82) is 0 Å². The van der Waals surface area contributed by atoms with Crippen molar-refractivity contribution in [2.24, 2.45) is 0 Å². The van der Waals surface area contributed by atoms with Crippen molar-refractivity contribution in [1.82, 2.24) is 15.1 Å². The Bertz CT molecular complexity index is 748. The minimum atomic E-state index is -4.66. The van der Waals surface area contributed by atoms with Gasteiger partial charge in [-0.1, -0.05) is 12.1 Å². The molecule has 1 fully saturated rings. The van der Waals surface area contributed by atoms with Crippen LogP contribution in [0.1, 0.15) is 40.9 Å². The predicted octanol–water partition coefficient (Wildman–Crippen LogP) is 3.87. The maximum absolute atomic E-state index is 12.6. The summed E-state index contributed by atoms with van der Waals surface area (Å²) >= 11 is 3.34. The molecule has 0 saturated carbocycles. The Morgan fingerprint density at radius 2 is 2.04 bits per heavy atom. The fraction of sp³-hybridized carbons (Fsp3) is 0.400. The van der Waals surface area contributed by atoms with Crippen molar-refractivity contribution in [2.45, 2.75) is 24.9 Å². The van der Waals surface area contributed by atoms with Crippen LogP contribution in [0.3, 0.4) is 0 Å². The lowest BCUT2D eigenvalue weighted by Gasteiger charge is -2.31. The minimum absolute atomic E-state index is 0.0769. The highest BCUT2D eigenvalue weighted by atomic mass is 79.9. The van der Waals surface area contributed by atoms with Gasteiger partial charge in [-0.25, -0.2) is 0 Å². The van der Waals surface area contributed by atoms with Crippen molar-refractivity contribution in [2.75, 3.05) is 13.1 Å². The second-order valence-electron chi connectivity index (χ2n) is 5.51. The molecule has 1 unspecified atom stereocenters. The van der Waals surface area contributed by atoms with Gasteiger partial charge in [0.25, 0.3) is 5.91 Å². The van der Waals surface area contributed by atoms with Gasteiger partial charge in [-0.2, -0.15) is 13.2 Å². The number of benzene rings is 1. The quantitative estimate of drug-likeness (QED) is 0.763. The van der Waals surface area contributed by atoms with Gasteiger partial charge in [0.1, 0.15) is 0 Å². The van der Waals surface area contributed by atoms with Gasteiger partial charge < -0.3 is 9.32 Å². The van der Waals surface area contributed by atoms with E-state index >= 15 is 0 Å². The van der Waals surface area contributed by atoms with Crippen LogP contribution in [0.2, 0.25) is 0 Å². The van der Waals surface area contributed by atoms with Crippen LogP contribution in [-0.4, -0.2) is 34.1 Å². The fourth-order valence-corrected chi connectivity index (χ4v) is 3.14. The van der Waals surface area contributed by atoms with Gasteiger partial charge in [0.05, 0.1) is 11.5 Å². The Kier molecular flexibility index (Phi) is 4.62. The molecule has 9 heteroatoms. The molecule has 1 amide bonds. The molecule has 24 heavy (non-hydrogen) atoms. The van der Waals surface area contributed by atoms with Gasteiger partial charge >= 0.3 is 12.1 Å². The summed E-state index contributed by atoms with van der Waals surface area (Å²) in [4.78, 5) is 14.2. The molecule has 3 rings (SSSR count). The zero-order valence-electron chi connectivity index (χ0n) is 12.4. The van der Waals surface area contributed by atoms with Gasteiger partial charge in [-0.15, -0.1) is 10.2 Å². The van der Waals surface area contributed by atoms with Crippen LogP contribution in [0.15, 0.2) is 33.2 Å². The maximum Gasteiger partial charge on any atom is 0.470 e. The number of piperidine rings is 1. The summed E-state index contributed by atoms with van der Waals surface area (Å²) in [7, 11) is 0. The van der Waals surface area contributed by atoms with E-state index in [0.29, 0.717) is 29.4 Å². The Morgan fingerprint density at radius 1 is 1.29 bits per heavy atom. The lowest BCUT2D eigenvalue weighted by atomic mass is 9.97. The first-order chi connectivity index (χ1) is 11.4. The van der Waals surface area contributed by atoms with Crippen LogP contribution in [0, 0.1) is 0 Å². The first kappa shape index (κ1) is 16.9. The zero-order valence-corrected chi connectivity index (χ0v) is 14.0. The Labute approximate surface area is 144 Å². The summed E-state index contributed by atoms with van der Waals surface area (Å²) in [6, 6.07) is 7.02. The number of hydrogen-bond donors (Lipinski definition) is 0. The zero-order chi connectivity index (χ0) is 17.3. The molecule has 1 aliphatic heterocycles. The molecular weight excluding hydrogens is 391 g/mol. The van der Waals surface area contributed by atoms with E-state index in [1.807, 2.05) is 0 Å². The summed E-state index contributed by atoms with van der Waals surface area (Å²) in [5.41, 5.74) is 0.514. The van der Waals surface area contributed by atoms with Gasteiger partial charge in [-0.05, 0) is 40.9 Å². The molecule has 1 aromatic heterocycles. The van der Waals surface area contributed by atoms with E-state index in [1.54, 1.807) is 29.2 Å². The third kappa shape index (κ3) is 3.45. The number of amides is 1. The van der Waals surface area contributed by atoms with Crippen LogP contribution >= 0.6 is 15.9 Å². The van der Waals surface area contributed by atoms with Crippen LogP contribution in [0.4, 0.5) is 13.2 Å². The number of likely N-dealkylation sites (tertiary alicyclic amines) is 1. The van der Waals surface area contributed by atoms with E-state index in [0.717, 1.165) is 0 Å². The van der Waals surface area contributed by atoms with Gasteiger partial charge in [0.15, 0.2) is 0 Å². The van der Waals surface area contributed by atoms with Crippen molar-refractivity contribution in [3.63, 3.8) is 0 Å². The highest BCUT2D eigenvalue weighted by Crippen LogP contribution is 2.32. The van der Waals surface area contributed by atoms with E-state index in [-0.39, 0.29) is 18.3 Å². The molecule has 0 aliphatic carbocycles. The molecule has 1 aliphatic rings. The average Bonchev–Trinajstić information content (AvgIpc) is 3.05. The number of nitrogens with zero attached hydrogens (tertiary/aromatic N) is 3. The predicted molar refractivity (Wildman–Crippen MR) is 81.3 cm³/mol. The molecule has 0 bridgehead atoms. The summed E-state index contributed by atoms with van der Waals surface area (Å²) < 4.78 is 43.1. The minimum Gasteiger partial charge on any atom is -0.417 e. The summed E-state index contributed by atoms with van der Waals surface area (Å²) in [5, 5.41) is 6.56. The van der Waals surface area contributed by atoms with Crippen LogP contribution in [0.5, 0.6) is 0 Å². The van der Waals surface area contributed by atoms with Crippen molar-refractivity contribution >= 4 is 21.8 Å². The standard InChI is InChI=1S/C15H13BrF3N3O2/c16-11-6-2-1-5-10(11)13(23)22-7-3-4-9(8-22)12-20-21-14(24-12)15(17,18)19/h1-2,5-6,9H,3-4,7-8H2. The summed E-state index contributed by atoms with van der Waals surface area (Å²) in [6.45, 7) is 0.788. The second-order valence-corrected chi connectivity index (χ2v) is 6.37. The van der Waals surface area contributed by atoms with Crippen molar-refractivity contribution < 1.29 is 22.4 Å². The lowest BCUT2D eigenvalue weighted by Crippen LogP contribution is -2.39. The first-order valence-electron chi connectivity index (χ1n) is 7.30. The third-order valence-corrected chi connectivity index (χ3v) is 4.54. The second kappa shape index (κ2) is 6.54. The van der Waals surface area contributed by atoms with E-state index < -0.39 is 18.0 Å². The topological polar surface area (TPSA) is 59.2 Å². The van der Waals surface area contributed by atoms with Crippen molar-refractivity contribution in [3.05, 3.63) is 46.1 Å². The van der Waals surface area contributed by atoms with Crippen LogP contribution < -0.4 is 0 Å². The number of aromatic nitrogens is 2. The monoisotopic (exact) mass is 403 g/mol. The molecule has 5 nitrogen and oxygen atoms in total. The third-order valence-electron chi connectivity index (χ3n) is 3.85. The van der Waals surface area contributed by atoms with Gasteiger partial charge in [0.2, 0.25) is 5.89 Å². The number of carbonyl (C=O) groups excluding carboxylic acids is 1. The largest absolute Gasteiger partial charge is 0.470 e. The van der Waals surface area contributed by atoms with Gasteiger partial charge in [-0.3, -0.25) is 4.79 Å². The summed E-state index contributed by atoms with van der Waals surface area (Å²) in [5.74, 6) is -2.00. The van der Waals surface area contributed by atoms with Gasteiger partial charge in [0, 0.05) is 17.6 Å². The average molecular weight is 404 g/mol. The Balaban J connectivity index is 1.76. The molecule has 0 N–H and O–H groups in total. The molecule has 0 spiro atoms. The number of halogens is 4. The van der Waals surface area contributed by atoms with Crippen LogP contribution in [-0.2, 0) is 6.18 Å². The maximum atomic E-state index is 12.6. The number of alkyl halides is 3. The Morgan fingerprint density at radius 3 is 2.71 bits per heavy atom. The number of carbonyl (C=O) groups is 1. The number of rotatable bonds is 2. The molecular formula is C15H13BrF3N3O2. The van der Waals surface area contributed by atoms with Crippen molar-refractivity contribution in [3.8, 4) is 0 Å². The highest BCUT2D eigenvalue weighted by molar-refractivity contribution is 9.10. The van der Waals surface area contributed by atoms with E-state index in [4.69, 9.17) is 4.42 Å². The molecule has 0 radical (unpaired) electrons. The molecule has 1 aromatic carbocycles. The molecule has 128 valence electrons. The summed E-state index contributed by atoms with van der Waals surface area (Å²) in [6.07, 6.45) is -3.41. The molecule has 2 aromatic rings. The highest BCUT2D eigenvalue weighted by Gasteiger charge is 2.39. The lowest BCUT2D eigenvalue weighted by molar-refractivity contribution is -0.157. The smallest absolute Gasteiger partial charge is 0.417 e. The molecule has 1 atom stereocenters. The first-order valence-corrected chi connectivity index (χ1v) is 8.10. The fourth-order valence-electron chi connectivity index (χ4n) is 2.68. The normalized spacial score (nSPS) is 18.7. The molecule has 1 saturated heterocycles. The van der Waals surface area contributed by atoms with E-state index in [1.165, 1.54) is 0 Å². The van der Waals surface area contributed by atoms with E-state index in [2.05, 4.69) is 26.1 Å². The SMILES string of the molecule is O=C(c1ccccc1Br)N1CCCC(c2nnc(C(F)(F)F)o2)C1. The molecule has 2 heterocycles. The Hall–Kier alpha value is -1.90.